The minimum atomic E-state index is -0.226. The van der Waals surface area contributed by atoms with E-state index >= 15 is 0 Å². The van der Waals surface area contributed by atoms with Crippen LogP contribution in [0.4, 0.5) is 0 Å². The summed E-state index contributed by atoms with van der Waals surface area (Å²) in [6.45, 7) is 2.70. The SMILES string of the molecule is CC1CCCCC1(CN)NC(=O)/C=C/c1ccccc1. The van der Waals surface area contributed by atoms with E-state index in [1.807, 2.05) is 36.4 Å². The topological polar surface area (TPSA) is 55.1 Å². The number of hydrogen-bond donors (Lipinski definition) is 2. The van der Waals surface area contributed by atoms with Gasteiger partial charge in [0.1, 0.15) is 0 Å². The molecular formula is C17H24N2O. The molecule has 3 heteroatoms. The lowest BCUT2D eigenvalue weighted by Crippen LogP contribution is -2.58. The molecule has 1 aromatic carbocycles. The number of carbonyl (C=O) groups is 1. The second-order valence-electron chi connectivity index (χ2n) is 5.74. The average molecular weight is 272 g/mol. The molecule has 0 aromatic heterocycles. The van der Waals surface area contributed by atoms with Crippen LogP contribution in [0.3, 0.4) is 0 Å². The van der Waals surface area contributed by atoms with Crippen molar-refractivity contribution in [2.45, 2.75) is 38.1 Å². The first-order valence-electron chi connectivity index (χ1n) is 7.42. The van der Waals surface area contributed by atoms with E-state index in [1.54, 1.807) is 6.08 Å². The number of amides is 1. The number of nitrogens with two attached hydrogens (primary N) is 1. The lowest BCUT2D eigenvalue weighted by molar-refractivity contribution is -0.119. The maximum Gasteiger partial charge on any atom is 0.244 e. The first-order valence-corrected chi connectivity index (χ1v) is 7.42. The van der Waals surface area contributed by atoms with Crippen LogP contribution in [-0.2, 0) is 4.79 Å². The number of benzene rings is 1. The van der Waals surface area contributed by atoms with Gasteiger partial charge in [-0.3, -0.25) is 4.79 Å². The number of carbonyl (C=O) groups excluding carboxylic acids is 1. The molecular weight excluding hydrogens is 248 g/mol. The van der Waals surface area contributed by atoms with Crippen molar-refractivity contribution in [1.29, 1.82) is 0 Å². The van der Waals surface area contributed by atoms with Crippen molar-refractivity contribution in [3.8, 4) is 0 Å². The molecule has 1 aliphatic carbocycles. The Hall–Kier alpha value is -1.61. The van der Waals surface area contributed by atoms with Crippen molar-refractivity contribution in [2.24, 2.45) is 11.7 Å². The lowest BCUT2D eigenvalue weighted by atomic mass is 9.73. The van der Waals surface area contributed by atoms with Crippen LogP contribution in [0.5, 0.6) is 0 Å². The van der Waals surface area contributed by atoms with Crippen LogP contribution < -0.4 is 11.1 Å². The molecule has 0 aliphatic heterocycles. The quantitative estimate of drug-likeness (QED) is 0.828. The van der Waals surface area contributed by atoms with Crippen molar-refractivity contribution < 1.29 is 4.79 Å². The van der Waals surface area contributed by atoms with E-state index in [0.717, 1.165) is 24.8 Å². The Bertz CT molecular complexity index is 469. The van der Waals surface area contributed by atoms with E-state index in [0.29, 0.717) is 12.5 Å². The third-order valence-electron chi connectivity index (χ3n) is 4.42. The predicted octanol–water partition coefficient (Wildman–Crippen LogP) is 2.72. The fourth-order valence-corrected chi connectivity index (χ4v) is 2.98. The van der Waals surface area contributed by atoms with Crippen LogP contribution in [0.15, 0.2) is 36.4 Å². The van der Waals surface area contributed by atoms with Crippen LogP contribution in [0.1, 0.15) is 38.2 Å². The van der Waals surface area contributed by atoms with Gasteiger partial charge in [0.2, 0.25) is 5.91 Å². The van der Waals surface area contributed by atoms with E-state index in [2.05, 4.69) is 12.2 Å². The molecule has 0 heterocycles. The molecule has 1 aromatic rings. The first-order chi connectivity index (χ1) is 9.66. The molecule has 0 spiro atoms. The molecule has 1 saturated carbocycles. The normalized spacial score (nSPS) is 26.6. The third kappa shape index (κ3) is 3.48. The van der Waals surface area contributed by atoms with Gasteiger partial charge in [0.05, 0.1) is 5.54 Å². The Kier molecular flexibility index (Phi) is 4.96. The number of nitrogens with one attached hydrogen (secondary N) is 1. The smallest absolute Gasteiger partial charge is 0.244 e. The fraction of sp³-hybridized carbons (Fsp3) is 0.471. The summed E-state index contributed by atoms with van der Waals surface area (Å²) in [4.78, 5) is 12.1. The molecule has 2 atom stereocenters. The Morgan fingerprint density at radius 3 is 2.80 bits per heavy atom. The first kappa shape index (κ1) is 14.8. The van der Waals surface area contributed by atoms with Gasteiger partial charge in [-0.05, 0) is 30.4 Å². The molecule has 0 radical (unpaired) electrons. The lowest BCUT2D eigenvalue weighted by Gasteiger charge is -2.42. The van der Waals surface area contributed by atoms with E-state index in [9.17, 15) is 4.79 Å². The maximum atomic E-state index is 12.1. The van der Waals surface area contributed by atoms with Crippen LogP contribution in [0.25, 0.3) is 6.08 Å². The number of rotatable bonds is 4. The Balaban J connectivity index is 2.01. The molecule has 108 valence electrons. The van der Waals surface area contributed by atoms with Gasteiger partial charge >= 0.3 is 0 Å². The molecule has 2 unspecified atom stereocenters. The van der Waals surface area contributed by atoms with Crippen molar-refractivity contribution in [1.82, 2.24) is 5.32 Å². The molecule has 0 bridgehead atoms. The zero-order chi connectivity index (χ0) is 14.4. The zero-order valence-electron chi connectivity index (χ0n) is 12.1. The van der Waals surface area contributed by atoms with Gasteiger partial charge in [-0.2, -0.15) is 0 Å². The zero-order valence-corrected chi connectivity index (χ0v) is 12.1. The molecule has 0 saturated heterocycles. The summed E-state index contributed by atoms with van der Waals surface area (Å²) in [7, 11) is 0. The minimum Gasteiger partial charge on any atom is -0.346 e. The highest BCUT2D eigenvalue weighted by Crippen LogP contribution is 2.32. The monoisotopic (exact) mass is 272 g/mol. The van der Waals surface area contributed by atoms with Gasteiger partial charge in [0.15, 0.2) is 0 Å². The van der Waals surface area contributed by atoms with Gasteiger partial charge in [0, 0.05) is 12.6 Å². The molecule has 2 rings (SSSR count). The molecule has 1 fully saturated rings. The molecule has 3 nitrogen and oxygen atoms in total. The summed E-state index contributed by atoms with van der Waals surface area (Å²) < 4.78 is 0. The highest BCUT2D eigenvalue weighted by atomic mass is 16.1. The predicted molar refractivity (Wildman–Crippen MR) is 83.0 cm³/mol. The van der Waals surface area contributed by atoms with Crippen LogP contribution in [-0.4, -0.2) is 18.0 Å². The van der Waals surface area contributed by atoms with Gasteiger partial charge in [-0.1, -0.05) is 50.1 Å². The molecule has 20 heavy (non-hydrogen) atoms. The Labute approximate surface area is 121 Å². The van der Waals surface area contributed by atoms with E-state index in [4.69, 9.17) is 5.73 Å². The number of hydrogen-bond acceptors (Lipinski definition) is 2. The molecule has 1 amide bonds. The van der Waals surface area contributed by atoms with E-state index < -0.39 is 0 Å². The molecule has 1 aliphatic rings. The summed E-state index contributed by atoms with van der Waals surface area (Å²) in [5, 5.41) is 3.15. The van der Waals surface area contributed by atoms with Crippen molar-refractivity contribution in [2.75, 3.05) is 6.54 Å². The minimum absolute atomic E-state index is 0.0481. The third-order valence-corrected chi connectivity index (χ3v) is 4.42. The van der Waals surface area contributed by atoms with Gasteiger partial charge in [0.25, 0.3) is 0 Å². The Morgan fingerprint density at radius 2 is 2.15 bits per heavy atom. The van der Waals surface area contributed by atoms with Crippen molar-refractivity contribution in [3.63, 3.8) is 0 Å². The van der Waals surface area contributed by atoms with Crippen molar-refractivity contribution in [3.05, 3.63) is 42.0 Å². The summed E-state index contributed by atoms with van der Waals surface area (Å²) in [5.41, 5.74) is 6.75. The maximum absolute atomic E-state index is 12.1. The summed E-state index contributed by atoms with van der Waals surface area (Å²) in [6, 6.07) is 9.84. The molecule has 3 N–H and O–H groups in total. The van der Waals surface area contributed by atoms with Crippen LogP contribution in [0, 0.1) is 5.92 Å². The second kappa shape index (κ2) is 6.71. The highest BCUT2D eigenvalue weighted by Gasteiger charge is 2.37. The summed E-state index contributed by atoms with van der Waals surface area (Å²) in [5.74, 6) is 0.392. The summed E-state index contributed by atoms with van der Waals surface area (Å²) in [6.07, 6.45) is 7.94. The standard InChI is InChI=1S/C17H24N2O/c1-14-7-5-6-12-17(14,13-18)19-16(20)11-10-15-8-3-2-4-9-15/h2-4,8-11,14H,5-7,12-13,18H2,1H3,(H,19,20)/b11-10+. The fourth-order valence-electron chi connectivity index (χ4n) is 2.98. The van der Waals surface area contributed by atoms with Crippen molar-refractivity contribution >= 4 is 12.0 Å². The van der Waals surface area contributed by atoms with Gasteiger partial charge in [-0.15, -0.1) is 0 Å². The van der Waals surface area contributed by atoms with E-state index in [1.165, 1.54) is 6.42 Å². The largest absolute Gasteiger partial charge is 0.346 e. The van der Waals surface area contributed by atoms with Crippen LogP contribution >= 0.6 is 0 Å². The van der Waals surface area contributed by atoms with Gasteiger partial charge in [-0.25, -0.2) is 0 Å². The second-order valence-corrected chi connectivity index (χ2v) is 5.74. The van der Waals surface area contributed by atoms with Gasteiger partial charge < -0.3 is 11.1 Å². The van der Waals surface area contributed by atoms with E-state index in [-0.39, 0.29) is 11.4 Å². The summed E-state index contributed by atoms with van der Waals surface area (Å²) >= 11 is 0. The Morgan fingerprint density at radius 1 is 1.40 bits per heavy atom. The van der Waals surface area contributed by atoms with Crippen LogP contribution in [0.2, 0.25) is 0 Å². The highest BCUT2D eigenvalue weighted by molar-refractivity contribution is 5.92. The average Bonchev–Trinajstić information content (AvgIpc) is 2.49.